The van der Waals surface area contributed by atoms with Gasteiger partial charge in [0.05, 0.1) is 24.0 Å². The molecule has 0 unspecified atom stereocenters. The van der Waals surface area contributed by atoms with Gasteiger partial charge in [0.1, 0.15) is 6.10 Å². The monoisotopic (exact) mass is 371 g/mol. The molecule has 6 nitrogen and oxygen atoms in total. The molecule has 1 N–H and O–H groups in total. The maximum absolute atomic E-state index is 12.7. The zero-order valence-electron chi connectivity index (χ0n) is 15.5. The lowest BCUT2D eigenvalue weighted by atomic mass is 9.79. The Hall–Kier alpha value is -2.37. The SMILES string of the molecule is CCCCCOC(=O)c1ccc(NC(=O)[C@H]2[C@@H]3C[C@H]4[C@@H]2C(=O)O[C@@H]4C3)cc1. The first kappa shape index (κ1) is 18.0. The van der Waals surface area contributed by atoms with Crippen molar-refractivity contribution < 1.29 is 23.9 Å². The highest BCUT2D eigenvalue weighted by Gasteiger charge is 2.63. The van der Waals surface area contributed by atoms with E-state index in [9.17, 15) is 14.4 Å². The summed E-state index contributed by atoms with van der Waals surface area (Å²) in [4.78, 5) is 36.8. The molecule has 4 rings (SSSR count). The molecule has 0 spiro atoms. The molecular weight excluding hydrogens is 346 g/mol. The van der Waals surface area contributed by atoms with Crippen molar-refractivity contribution in [2.75, 3.05) is 11.9 Å². The molecule has 3 aliphatic rings. The summed E-state index contributed by atoms with van der Waals surface area (Å²) in [5.41, 5.74) is 1.08. The van der Waals surface area contributed by atoms with Crippen LogP contribution < -0.4 is 5.32 Å². The fourth-order valence-corrected chi connectivity index (χ4v) is 4.88. The van der Waals surface area contributed by atoms with Gasteiger partial charge in [0.15, 0.2) is 0 Å². The third-order valence-corrected chi connectivity index (χ3v) is 6.16. The molecular formula is C21H25NO5. The molecule has 2 bridgehead atoms. The topological polar surface area (TPSA) is 81.7 Å². The van der Waals surface area contributed by atoms with E-state index in [1.165, 1.54) is 0 Å². The molecule has 2 aliphatic carbocycles. The quantitative estimate of drug-likeness (QED) is 0.588. The lowest BCUT2D eigenvalue weighted by Gasteiger charge is -2.23. The molecule has 1 aromatic rings. The normalized spacial score (nSPS) is 30.3. The van der Waals surface area contributed by atoms with Crippen LogP contribution >= 0.6 is 0 Å². The van der Waals surface area contributed by atoms with E-state index in [0.717, 1.165) is 32.1 Å². The van der Waals surface area contributed by atoms with Crippen molar-refractivity contribution in [3.05, 3.63) is 29.8 Å². The lowest BCUT2D eigenvalue weighted by molar-refractivity contribution is -0.145. The largest absolute Gasteiger partial charge is 0.462 e. The van der Waals surface area contributed by atoms with Crippen LogP contribution in [0.4, 0.5) is 5.69 Å². The van der Waals surface area contributed by atoms with Crippen LogP contribution in [0, 0.1) is 23.7 Å². The van der Waals surface area contributed by atoms with Crippen LogP contribution in [0.25, 0.3) is 0 Å². The summed E-state index contributed by atoms with van der Waals surface area (Å²) >= 11 is 0. The fourth-order valence-electron chi connectivity index (χ4n) is 4.88. The Morgan fingerprint density at radius 2 is 1.96 bits per heavy atom. The minimum Gasteiger partial charge on any atom is -0.462 e. The second-order valence-electron chi connectivity index (χ2n) is 7.83. The van der Waals surface area contributed by atoms with Crippen molar-refractivity contribution in [1.29, 1.82) is 0 Å². The molecule has 144 valence electrons. The van der Waals surface area contributed by atoms with E-state index in [1.807, 2.05) is 0 Å². The summed E-state index contributed by atoms with van der Waals surface area (Å²) in [6.07, 6.45) is 4.71. The van der Waals surface area contributed by atoms with Gasteiger partial charge in [-0.2, -0.15) is 0 Å². The maximum atomic E-state index is 12.7. The van der Waals surface area contributed by atoms with Gasteiger partial charge in [-0.15, -0.1) is 0 Å². The van der Waals surface area contributed by atoms with Gasteiger partial charge in [-0.05, 0) is 49.4 Å². The number of esters is 2. The second-order valence-corrected chi connectivity index (χ2v) is 7.83. The van der Waals surface area contributed by atoms with Gasteiger partial charge >= 0.3 is 11.9 Å². The molecule has 5 atom stereocenters. The number of hydrogen-bond acceptors (Lipinski definition) is 5. The smallest absolute Gasteiger partial charge is 0.338 e. The number of anilines is 1. The van der Waals surface area contributed by atoms with Crippen molar-refractivity contribution in [1.82, 2.24) is 0 Å². The van der Waals surface area contributed by atoms with Crippen LogP contribution in [0.1, 0.15) is 49.4 Å². The second kappa shape index (κ2) is 7.33. The van der Waals surface area contributed by atoms with Crippen LogP contribution in [-0.2, 0) is 19.1 Å². The van der Waals surface area contributed by atoms with Crippen molar-refractivity contribution in [3.63, 3.8) is 0 Å². The highest BCUT2D eigenvalue weighted by Crippen LogP contribution is 2.57. The Balaban J connectivity index is 1.34. The minimum atomic E-state index is -0.350. The van der Waals surface area contributed by atoms with E-state index in [2.05, 4.69) is 12.2 Å². The average molecular weight is 371 g/mol. The van der Waals surface area contributed by atoms with Crippen LogP contribution in [-0.4, -0.2) is 30.6 Å². The van der Waals surface area contributed by atoms with E-state index in [-0.39, 0.29) is 47.6 Å². The van der Waals surface area contributed by atoms with Crippen molar-refractivity contribution >= 4 is 23.5 Å². The van der Waals surface area contributed by atoms with E-state index in [4.69, 9.17) is 9.47 Å². The highest BCUT2D eigenvalue weighted by atomic mass is 16.6. The number of hydrogen-bond donors (Lipinski definition) is 1. The Morgan fingerprint density at radius 1 is 1.19 bits per heavy atom. The number of carbonyl (C=O) groups is 3. The van der Waals surface area contributed by atoms with Gasteiger partial charge in [0.2, 0.25) is 5.91 Å². The van der Waals surface area contributed by atoms with Crippen LogP contribution in [0.5, 0.6) is 0 Å². The molecule has 0 aromatic heterocycles. The summed E-state index contributed by atoms with van der Waals surface area (Å²) < 4.78 is 10.6. The molecule has 1 amide bonds. The Kier molecular flexibility index (Phi) is 4.89. The third kappa shape index (κ3) is 3.33. The summed E-state index contributed by atoms with van der Waals surface area (Å²) in [6.45, 7) is 2.52. The summed E-state index contributed by atoms with van der Waals surface area (Å²) in [5, 5.41) is 2.90. The van der Waals surface area contributed by atoms with Crippen molar-refractivity contribution in [2.45, 2.75) is 45.1 Å². The Labute approximate surface area is 158 Å². The molecule has 1 aromatic carbocycles. The average Bonchev–Trinajstić information content (AvgIpc) is 3.28. The molecule has 1 aliphatic heterocycles. The molecule has 2 saturated carbocycles. The van der Waals surface area contributed by atoms with E-state index >= 15 is 0 Å². The molecule has 27 heavy (non-hydrogen) atoms. The van der Waals surface area contributed by atoms with Crippen LogP contribution in [0.3, 0.4) is 0 Å². The van der Waals surface area contributed by atoms with E-state index in [0.29, 0.717) is 17.9 Å². The number of nitrogens with one attached hydrogen (secondary N) is 1. The molecule has 0 radical (unpaired) electrons. The van der Waals surface area contributed by atoms with Crippen molar-refractivity contribution in [3.8, 4) is 0 Å². The van der Waals surface area contributed by atoms with Crippen LogP contribution in [0.2, 0.25) is 0 Å². The summed E-state index contributed by atoms with van der Waals surface area (Å²) in [7, 11) is 0. The molecule has 3 fully saturated rings. The van der Waals surface area contributed by atoms with Gasteiger partial charge in [0.25, 0.3) is 0 Å². The van der Waals surface area contributed by atoms with Gasteiger partial charge in [-0.1, -0.05) is 19.8 Å². The van der Waals surface area contributed by atoms with E-state index in [1.54, 1.807) is 24.3 Å². The number of unbranched alkanes of at least 4 members (excludes halogenated alkanes) is 2. The minimum absolute atomic E-state index is 0.0270. The number of rotatable bonds is 7. The predicted molar refractivity (Wildman–Crippen MR) is 98.0 cm³/mol. The van der Waals surface area contributed by atoms with Gasteiger partial charge in [0, 0.05) is 11.6 Å². The number of carbonyl (C=O) groups excluding carboxylic acids is 3. The predicted octanol–water partition coefficient (Wildman–Crippen LogP) is 3.17. The first-order chi connectivity index (χ1) is 13.1. The summed E-state index contributed by atoms with van der Waals surface area (Å²) in [5.74, 6) is -0.838. The fraction of sp³-hybridized carbons (Fsp3) is 0.571. The number of amides is 1. The van der Waals surface area contributed by atoms with Gasteiger partial charge in [-0.25, -0.2) is 4.79 Å². The third-order valence-electron chi connectivity index (χ3n) is 6.16. The lowest BCUT2D eigenvalue weighted by Crippen LogP contribution is -2.35. The van der Waals surface area contributed by atoms with Gasteiger partial charge < -0.3 is 14.8 Å². The van der Waals surface area contributed by atoms with E-state index < -0.39 is 0 Å². The molecule has 1 heterocycles. The zero-order valence-corrected chi connectivity index (χ0v) is 15.5. The summed E-state index contributed by atoms with van der Waals surface area (Å²) in [6, 6.07) is 6.70. The molecule has 6 heteroatoms. The number of ether oxygens (including phenoxy) is 2. The standard InChI is InChI=1S/C21H25NO5/c1-2-3-4-9-26-20(24)12-5-7-14(8-6-12)22-19(23)17-13-10-15-16(11-13)27-21(25)18(15)17/h5-8,13,15-18H,2-4,9-11H2,1H3,(H,22,23)/t13-,15-,16-,17+,18+/m1/s1. The zero-order chi connectivity index (χ0) is 19.0. The Bertz CT molecular complexity index is 741. The number of fused-ring (bicyclic) bond motifs is 1. The van der Waals surface area contributed by atoms with Gasteiger partial charge in [-0.3, -0.25) is 9.59 Å². The maximum Gasteiger partial charge on any atom is 0.338 e. The first-order valence-electron chi connectivity index (χ1n) is 9.87. The Morgan fingerprint density at radius 3 is 2.70 bits per heavy atom. The number of benzene rings is 1. The van der Waals surface area contributed by atoms with Crippen molar-refractivity contribution in [2.24, 2.45) is 23.7 Å². The van der Waals surface area contributed by atoms with Crippen LogP contribution in [0.15, 0.2) is 24.3 Å². The first-order valence-corrected chi connectivity index (χ1v) is 9.87. The molecule has 1 saturated heterocycles. The highest BCUT2D eigenvalue weighted by molar-refractivity contribution is 5.97.